The first-order valence-electron chi connectivity index (χ1n) is 10.5. The summed E-state index contributed by atoms with van der Waals surface area (Å²) in [7, 11) is 2.20. The van der Waals surface area contributed by atoms with Crippen LogP contribution in [0.15, 0.2) is 24.4 Å². The number of amides is 1. The van der Waals surface area contributed by atoms with Gasteiger partial charge in [-0.2, -0.15) is 5.10 Å². The van der Waals surface area contributed by atoms with Gasteiger partial charge in [0.1, 0.15) is 0 Å². The highest BCUT2D eigenvalue weighted by molar-refractivity contribution is 5.83. The predicted octanol–water partition coefficient (Wildman–Crippen LogP) is 1.06. The second-order valence-corrected chi connectivity index (χ2v) is 8.35. The van der Waals surface area contributed by atoms with Crippen molar-refractivity contribution in [2.45, 2.75) is 37.8 Å². The Morgan fingerprint density at radius 1 is 1.21 bits per heavy atom. The maximum Gasteiger partial charge on any atom is 0.239 e. The van der Waals surface area contributed by atoms with Crippen LogP contribution in [0.3, 0.4) is 0 Å². The van der Waals surface area contributed by atoms with Crippen LogP contribution in [0.2, 0.25) is 0 Å². The Morgan fingerprint density at radius 3 is 2.86 bits per heavy atom. The maximum atomic E-state index is 13.0. The van der Waals surface area contributed by atoms with Crippen molar-refractivity contribution in [3.8, 4) is 0 Å². The van der Waals surface area contributed by atoms with Crippen LogP contribution < -0.4 is 5.73 Å². The first-order valence-corrected chi connectivity index (χ1v) is 10.5. The van der Waals surface area contributed by atoms with Crippen molar-refractivity contribution in [2.75, 3.05) is 46.3 Å². The number of aromatic amines is 1. The summed E-state index contributed by atoms with van der Waals surface area (Å²) >= 11 is 0. The van der Waals surface area contributed by atoms with Gasteiger partial charge in [0.25, 0.3) is 0 Å². The lowest BCUT2D eigenvalue weighted by Gasteiger charge is -2.36. The Labute approximate surface area is 166 Å². The summed E-state index contributed by atoms with van der Waals surface area (Å²) in [5, 5.41) is 8.06. The zero-order valence-electron chi connectivity index (χ0n) is 16.8. The largest absolute Gasteiger partial charge is 0.340 e. The molecule has 0 aliphatic carbocycles. The SMILES string of the molecule is CN1CCC(N2CCCN(C(=O)C(N)Cc3ccc4[nH]ncc4c3)CC2)CC1. The van der Waals surface area contributed by atoms with Crippen molar-refractivity contribution in [3.63, 3.8) is 0 Å². The van der Waals surface area contributed by atoms with E-state index in [4.69, 9.17) is 5.73 Å². The molecule has 4 rings (SSSR count). The predicted molar refractivity (Wildman–Crippen MR) is 111 cm³/mol. The van der Waals surface area contributed by atoms with Crippen LogP contribution in [0.25, 0.3) is 10.9 Å². The number of nitrogens with one attached hydrogen (secondary N) is 1. The van der Waals surface area contributed by atoms with Gasteiger partial charge in [0.2, 0.25) is 5.91 Å². The average Bonchev–Trinajstić information content (AvgIpc) is 3.03. The van der Waals surface area contributed by atoms with E-state index in [0.717, 1.165) is 49.1 Å². The molecule has 0 spiro atoms. The first-order chi connectivity index (χ1) is 13.6. The molecule has 1 atom stereocenters. The van der Waals surface area contributed by atoms with E-state index in [1.807, 2.05) is 17.0 Å². The second-order valence-electron chi connectivity index (χ2n) is 8.35. The van der Waals surface area contributed by atoms with E-state index in [9.17, 15) is 4.79 Å². The summed E-state index contributed by atoms with van der Waals surface area (Å²) in [4.78, 5) is 19.9. The Kier molecular flexibility index (Phi) is 5.94. The number of hydrogen-bond donors (Lipinski definition) is 2. The molecule has 2 fully saturated rings. The van der Waals surface area contributed by atoms with Crippen LogP contribution in [0.5, 0.6) is 0 Å². The summed E-state index contributed by atoms with van der Waals surface area (Å²) < 4.78 is 0. The average molecular weight is 385 g/mol. The summed E-state index contributed by atoms with van der Waals surface area (Å²) in [6.07, 6.45) is 5.88. The number of nitrogens with two attached hydrogens (primary N) is 1. The lowest BCUT2D eigenvalue weighted by Crippen LogP contribution is -2.48. The molecule has 1 amide bonds. The smallest absolute Gasteiger partial charge is 0.239 e. The van der Waals surface area contributed by atoms with Gasteiger partial charge in [-0.3, -0.25) is 14.8 Å². The summed E-state index contributed by atoms with van der Waals surface area (Å²) in [5.74, 6) is 0.0810. The molecule has 152 valence electrons. The molecule has 7 heteroatoms. The number of likely N-dealkylation sites (tertiary alicyclic amines) is 1. The molecule has 0 radical (unpaired) electrons. The van der Waals surface area contributed by atoms with Gasteiger partial charge in [-0.15, -0.1) is 0 Å². The van der Waals surface area contributed by atoms with Gasteiger partial charge in [0.15, 0.2) is 0 Å². The van der Waals surface area contributed by atoms with Gasteiger partial charge in [-0.05, 0) is 63.5 Å². The van der Waals surface area contributed by atoms with Crippen LogP contribution in [0, 0.1) is 0 Å². The molecule has 2 aliphatic rings. The van der Waals surface area contributed by atoms with E-state index >= 15 is 0 Å². The standard InChI is InChI=1S/C21H32N6O/c1-25-9-5-18(6-10-25)26-7-2-8-27(12-11-26)21(28)19(22)14-16-3-4-20-17(13-16)15-23-24-20/h3-4,13,15,18-19H,2,5-12,14,22H2,1H3,(H,23,24). The molecule has 2 aromatic rings. The monoisotopic (exact) mass is 384 g/mol. The van der Waals surface area contributed by atoms with Gasteiger partial charge in [0, 0.05) is 37.6 Å². The number of nitrogens with zero attached hydrogens (tertiary/aromatic N) is 4. The van der Waals surface area contributed by atoms with Crippen molar-refractivity contribution in [3.05, 3.63) is 30.0 Å². The third-order valence-corrected chi connectivity index (χ3v) is 6.32. The number of carbonyl (C=O) groups excluding carboxylic acids is 1. The van der Waals surface area contributed by atoms with Gasteiger partial charge in [-0.1, -0.05) is 6.07 Å². The molecule has 0 saturated carbocycles. The zero-order valence-corrected chi connectivity index (χ0v) is 16.8. The van der Waals surface area contributed by atoms with Crippen molar-refractivity contribution >= 4 is 16.8 Å². The maximum absolute atomic E-state index is 13.0. The van der Waals surface area contributed by atoms with E-state index in [2.05, 4.69) is 33.1 Å². The number of piperidine rings is 1. The number of benzene rings is 1. The molecule has 1 unspecified atom stereocenters. The summed E-state index contributed by atoms with van der Waals surface area (Å²) in [6, 6.07) is 6.27. The Bertz CT molecular complexity index is 797. The fraction of sp³-hybridized carbons (Fsp3) is 0.619. The number of H-pyrrole nitrogens is 1. The minimum atomic E-state index is -0.487. The van der Waals surface area contributed by atoms with E-state index in [1.165, 1.54) is 25.9 Å². The minimum absolute atomic E-state index is 0.0810. The van der Waals surface area contributed by atoms with Gasteiger partial charge < -0.3 is 15.5 Å². The van der Waals surface area contributed by atoms with Crippen LogP contribution in [-0.4, -0.2) is 89.2 Å². The topological polar surface area (TPSA) is 81.5 Å². The van der Waals surface area contributed by atoms with Gasteiger partial charge >= 0.3 is 0 Å². The van der Waals surface area contributed by atoms with Crippen molar-refractivity contribution < 1.29 is 4.79 Å². The number of hydrogen-bond acceptors (Lipinski definition) is 5. The molecule has 1 aromatic carbocycles. The molecule has 2 saturated heterocycles. The lowest BCUT2D eigenvalue weighted by atomic mass is 10.0. The van der Waals surface area contributed by atoms with Gasteiger partial charge in [0.05, 0.1) is 17.8 Å². The molecule has 3 N–H and O–H groups in total. The van der Waals surface area contributed by atoms with Crippen LogP contribution in [0.1, 0.15) is 24.8 Å². The van der Waals surface area contributed by atoms with Crippen LogP contribution >= 0.6 is 0 Å². The number of carbonyl (C=O) groups is 1. The third kappa shape index (κ3) is 4.37. The molecule has 1 aromatic heterocycles. The number of aromatic nitrogens is 2. The zero-order chi connectivity index (χ0) is 19.5. The molecule has 3 heterocycles. The highest BCUT2D eigenvalue weighted by Crippen LogP contribution is 2.18. The number of rotatable bonds is 4. The molecule has 2 aliphatic heterocycles. The first kappa shape index (κ1) is 19.4. The Morgan fingerprint density at radius 2 is 2.04 bits per heavy atom. The highest BCUT2D eigenvalue weighted by Gasteiger charge is 2.28. The van der Waals surface area contributed by atoms with Crippen molar-refractivity contribution in [1.82, 2.24) is 24.9 Å². The van der Waals surface area contributed by atoms with E-state index in [-0.39, 0.29) is 5.91 Å². The van der Waals surface area contributed by atoms with Crippen molar-refractivity contribution in [2.24, 2.45) is 5.73 Å². The van der Waals surface area contributed by atoms with Crippen LogP contribution in [0.4, 0.5) is 0 Å². The number of fused-ring (bicyclic) bond motifs is 1. The van der Waals surface area contributed by atoms with E-state index < -0.39 is 6.04 Å². The molecule has 28 heavy (non-hydrogen) atoms. The Balaban J connectivity index is 1.32. The fourth-order valence-electron chi connectivity index (χ4n) is 4.58. The van der Waals surface area contributed by atoms with Crippen molar-refractivity contribution in [1.29, 1.82) is 0 Å². The molecular formula is C21H32N6O. The quantitative estimate of drug-likeness (QED) is 0.824. The van der Waals surface area contributed by atoms with E-state index in [1.54, 1.807) is 6.20 Å². The molecule has 0 bridgehead atoms. The molecule has 7 nitrogen and oxygen atoms in total. The normalized spacial score (nSPS) is 21.7. The van der Waals surface area contributed by atoms with E-state index in [0.29, 0.717) is 12.5 Å². The van der Waals surface area contributed by atoms with Crippen LogP contribution in [-0.2, 0) is 11.2 Å². The summed E-state index contributed by atoms with van der Waals surface area (Å²) in [6.45, 7) is 6.01. The van der Waals surface area contributed by atoms with Gasteiger partial charge in [-0.25, -0.2) is 0 Å². The second kappa shape index (κ2) is 8.59. The Hall–Kier alpha value is -1.96. The minimum Gasteiger partial charge on any atom is -0.340 e. The summed E-state index contributed by atoms with van der Waals surface area (Å²) in [5.41, 5.74) is 8.40. The fourth-order valence-corrected chi connectivity index (χ4v) is 4.58. The highest BCUT2D eigenvalue weighted by atomic mass is 16.2. The third-order valence-electron chi connectivity index (χ3n) is 6.32. The molecular weight excluding hydrogens is 352 g/mol. The lowest BCUT2D eigenvalue weighted by molar-refractivity contribution is -0.132.